The molecule has 4 nitrogen and oxygen atoms in total. The molecule has 0 bridgehead atoms. The van der Waals surface area contributed by atoms with Crippen molar-refractivity contribution in [3.63, 3.8) is 0 Å². The molecule has 0 aliphatic heterocycles. The molecule has 5 heteroatoms. The zero-order chi connectivity index (χ0) is 10.8. The van der Waals surface area contributed by atoms with E-state index in [-0.39, 0.29) is 0 Å². The van der Waals surface area contributed by atoms with Crippen LogP contribution < -0.4 is 15.8 Å². The molecule has 0 radical (unpaired) electrons. The number of ether oxygens (including phenoxy) is 1. The molecule has 1 aromatic carbocycles. The van der Waals surface area contributed by atoms with Crippen molar-refractivity contribution in [2.75, 3.05) is 24.7 Å². The molecule has 0 aliphatic rings. The molecule has 1 heterocycles. The van der Waals surface area contributed by atoms with E-state index in [0.29, 0.717) is 5.13 Å². The Morgan fingerprint density at radius 2 is 2.33 bits per heavy atom. The summed E-state index contributed by atoms with van der Waals surface area (Å²) >= 11 is 1.47. The van der Waals surface area contributed by atoms with Gasteiger partial charge in [-0.15, -0.1) is 0 Å². The largest absolute Gasteiger partial charge is 0.494 e. The van der Waals surface area contributed by atoms with Gasteiger partial charge in [-0.3, -0.25) is 0 Å². The Morgan fingerprint density at radius 3 is 3.00 bits per heavy atom. The van der Waals surface area contributed by atoms with E-state index in [2.05, 4.69) is 17.2 Å². The first-order valence-corrected chi connectivity index (χ1v) is 5.54. The number of nitrogens with one attached hydrogen (secondary N) is 1. The van der Waals surface area contributed by atoms with Crippen LogP contribution in [0.1, 0.15) is 6.92 Å². The lowest BCUT2D eigenvalue weighted by Gasteiger charge is -2.06. The Kier molecular flexibility index (Phi) is 2.64. The standard InChI is InChI=1S/C10H13N3OS/c1-3-12-6-4-5-7(14-2)8-9(6)15-10(11)13-8/h4-5,12H,3H2,1-2H3,(H2,11,13). The van der Waals surface area contributed by atoms with Crippen LogP contribution in [0.4, 0.5) is 10.8 Å². The van der Waals surface area contributed by atoms with Crippen LogP contribution in [0.25, 0.3) is 10.2 Å². The Hall–Kier alpha value is -1.49. The fourth-order valence-corrected chi connectivity index (χ4v) is 2.33. The molecular formula is C10H13N3OS. The highest BCUT2D eigenvalue weighted by Crippen LogP contribution is 2.36. The minimum absolute atomic E-state index is 0.564. The van der Waals surface area contributed by atoms with Gasteiger partial charge < -0.3 is 15.8 Å². The average Bonchev–Trinajstić information content (AvgIpc) is 2.61. The number of aromatic nitrogens is 1. The van der Waals surface area contributed by atoms with Gasteiger partial charge in [-0.2, -0.15) is 0 Å². The average molecular weight is 223 g/mol. The molecule has 15 heavy (non-hydrogen) atoms. The van der Waals surface area contributed by atoms with Gasteiger partial charge in [0.05, 0.1) is 17.5 Å². The third-order valence-electron chi connectivity index (χ3n) is 2.11. The van der Waals surface area contributed by atoms with Crippen molar-refractivity contribution in [2.24, 2.45) is 0 Å². The highest BCUT2D eigenvalue weighted by atomic mass is 32.1. The van der Waals surface area contributed by atoms with Crippen molar-refractivity contribution in [3.8, 4) is 5.75 Å². The van der Waals surface area contributed by atoms with Gasteiger partial charge in [0.2, 0.25) is 0 Å². The molecule has 0 spiro atoms. The normalized spacial score (nSPS) is 10.5. The highest BCUT2D eigenvalue weighted by Gasteiger charge is 2.10. The van der Waals surface area contributed by atoms with Gasteiger partial charge >= 0.3 is 0 Å². The number of hydrogen-bond donors (Lipinski definition) is 2. The molecule has 0 saturated heterocycles. The van der Waals surface area contributed by atoms with Crippen molar-refractivity contribution in [1.82, 2.24) is 4.98 Å². The minimum Gasteiger partial charge on any atom is -0.494 e. The summed E-state index contributed by atoms with van der Waals surface area (Å²) < 4.78 is 6.28. The van der Waals surface area contributed by atoms with Gasteiger partial charge in [-0.25, -0.2) is 4.98 Å². The predicted octanol–water partition coefficient (Wildman–Crippen LogP) is 2.32. The Morgan fingerprint density at radius 1 is 1.53 bits per heavy atom. The zero-order valence-electron chi connectivity index (χ0n) is 8.70. The lowest BCUT2D eigenvalue weighted by Crippen LogP contribution is -1.96. The highest BCUT2D eigenvalue weighted by molar-refractivity contribution is 7.22. The topological polar surface area (TPSA) is 60.2 Å². The van der Waals surface area contributed by atoms with Crippen molar-refractivity contribution in [3.05, 3.63) is 12.1 Å². The molecule has 3 N–H and O–H groups in total. The second kappa shape index (κ2) is 3.94. The molecule has 1 aromatic heterocycles. The molecular weight excluding hydrogens is 210 g/mol. The van der Waals surface area contributed by atoms with Crippen molar-refractivity contribution < 1.29 is 4.74 Å². The van der Waals surface area contributed by atoms with E-state index in [1.54, 1.807) is 7.11 Å². The van der Waals surface area contributed by atoms with Crippen LogP contribution in [0.3, 0.4) is 0 Å². The molecule has 2 rings (SSSR count). The first kappa shape index (κ1) is 10.0. The van der Waals surface area contributed by atoms with Crippen molar-refractivity contribution >= 4 is 32.4 Å². The maximum Gasteiger partial charge on any atom is 0.181 e. The number of anilines is 2. The molecule has 0 atom stereocenters. The van der Waals surface area contributed by atoms with E-state index in [9.17, 15) is 0 Å². The number of nitrogens with zero attached hydrogens (tertiary/aromatic N) is 1. The summed E-state index contributed by atoms with van der Waals surface area (Å²) in [6.07, 6.45) is 0. The van der Waals surface area contributed by atoms with Gasteiger partial charge in [0, 0.05) is 6.54 Å². The predicted molar refractivity (Wildman–Crippen MR) is 64.7 cm³/mol. The number of rotatable bonds is 3. The molecule has 0 unspecified atom stereocenters. The number of methoxy groups -OCH3 is 1. The van der Waals surface area contributed by atoms with Crippen LogP contribution in [-0.2, 0) is 0 Å². The van der Waals surface area contributed by atoms with Crippen LogP contribution in [0.2, 0.25) is 0 Å². The number of fused-ring (bicyclic) bond motifs is 1. The van der Waals surface area contributed by atoms with E-state index in [1.165, 1.54) is 11.3 Å². The summed E-state index contributed by atoms with van der Waals surface area (Å²) in [5.41, 5.74) is 7.59. The lowest BCUT2D eigenvalue weighted by molar-refractivity contribution is 0.419. The van der Waals surface area contributed by atoms with Gasteiger partial charge in [0.15, 0.2) is 5.13 Å². The van der Waals surface area contributed by atoms with Crippen molar-refractivity contribution in [2.45, 2.75) is 6.92 Å². The molecule has 0 amide bonds. The first-order valence-electron chi connectivity index (χ1n) is 4.73. The molecule has 0 fully saturated rings. The molecule has 0 saturated carbocycles. The SMILES string of the molecule is CCNc1ccc(OC)c2nc(N)sc12. The molecule has 0 aliphatic carbocycles. The van der Waals surface area contributed by atoms with E-state index in [4.69, 9.17) is 10.5 Å². The quantitative estimate of drug-likeness (QED) is 0.838. The number of nitrogen functional groups attached to an aromatic ring is 1. The fraction of sp³-hybridized carbons (Fsp3) is 0.300. The number of benzene rings is 1. The zero-order valence-corrected chi connectivity index (χ0v) is 9.52. The lowest BCUT2D eigenvalue weighted by atomic mass is 10.2. The van der Waals surface area contributed by atoms with Crippen LogP contribution >= 0.6 is 11.3 Å². The van der Waals surface area contributed by atoms with E-state index in [0.717, 1.165) is 28.2 Å². The summed E-state index contributed by atoms with van der Waals surface area (Å²) in [5, 5.41) is 3.84. The minimum atomic E-state index is 0.564. The van der Waals surface area contributed by atoms with Crippen LogP contribution in [-0.4, -0.2) is 18.6 Å². The van der Waals surface area contributed by atoms with Gasteiger partial charge in [0.1, 0.15) is 11.3 Å². The second-order valence-corrected chi connectivity index (χ2v) is 4.11. The second-order valence-electron chi connectivity index (χ2n) is 3.08. The van der Waals surface area contributed by atoms with Crippen molar-refractivity contribution in [1.29, 1.82) is 0 Å². The smallest absolute Gasteiger partial charge is 0.181 e. The summed E-state index contributed by atoms with van der Waals surface area (Å²) in [6, 6.07) is 3.89. The molecule has 80 valence electrons. The Balaban J connectivity index is 2.65. The third-order valence-corrected chi connectivity index (χ3v) is 3.03. The van der Waals surface area contributed by atoms with Gasteiger partial charge in [-0.05, 0) is 19.1 Å². The van der Waals surface area contributed by atoms with E-state index < -0.39 is 0 Å². The summed E-state index contributed by atoms with van der Waals surface area (Å²) in [7, 11) is 1.64. The monoisotopic (exact) mass is 223 g/mol. The summed E-state index contributed by atoms with van der Waals surface area (Å²) in [6.45, 7) is 2.93. The third kappa shape index (κ3) is 1.70. The van der Waals surface area contributed by atoms with Crippen LogP contribution in [0.15, 0.2) is 12.1 Å². The van der Waals surface area contributed by atoms with Crippen LogP contribution in [0, 0.1) is 0 Å². The van der Waals surface area contributed by atoms with Gasteiger partial charge in [0.25, 0.3) is 0 Å². The Bertz CT molecular complexity index is 481. The van der Waals surface area contributed by atoms with Gasteiger partial charge in [-0.1, -0.05) is 11.3 Å². The Labute approximate surface area is 92.1 Å². The first-order chi connectivity index (χ1) is 7.26. The number of nitrogens with two attached hydrogens (primary N) is 1. The summed E-state index contributed by atoms with van der Waals surface area (Å²) in [5.74, 6) is 0.764. The number of thiazole rings is 1. The molecule has 2 aromatic rings. The van der Waals surface area contributed by atoms with Crippen LogP contribution in [0.5, 0.6) is 5.75 Å². The maximum atomic E-state index is 5.70. The van der Waals surface area contributed by atoms with E-state index in [1.807, 2.05) is 12.1 Å². The van der Waals surface area contributed by atoms with E-state index >= 15 is 0 Å². The number of hydrogen-bond acceptors (Lipinski definition) is 5. The summed E-state index contributed by atoms with van der Waals surface area (Å²) in [4.78, 5) is 4.26. The fourth-order valence-electron chi connectivity index (χ4n) is 1.49. The maximum absolute atomic E-state index is 5.70.